The van der Waals surface area contributed by atoms with Gasteiger partial charge in [-0.1, -0.05) is 38.1 Å². The summed E-state index contributed by atoms with van der Waals surface area (Å²) in [7, 11) is 2.13. The van der Waals surface area contributed by atoms with Crippen LogP contribution in [0.25, 0.3) is 32.1 Å². The zero-order chi connectivity index (χ0) is 18.0. The standard InChI is InChI=1S/C23H22NOS/c1-13(2)10-16-11-17-19(26-16)12-24(4)22-20-14(3)8-9-15-6-5-7-18(21(15)20)25-23(17)22/h5-9,11-13H,10H2,1-4H3/q+1. The minimum absolute atomic E-state index is 0.658. The van der Waals surface area contributed by atoms with E-state index in [0.29, 0.717) is 5.92 Å². The van der Waals surface area contributed by atoms with Gasteiger partial charge in [-0.2, -0.15) is 4.57 Å². The van der Waals surface area contributed by atoms with Crippen molar-refractivity contribution >= 4 is 32.2 Å². The molecule has 0 N–H and O–H groups in total. The Labute approximate surface area is 157 Å². The second-order valence-electron chi connectivity index (χ2n) is 7.72. The van der Waals surface area contributed by atoms with Crippen LogP contribution in [0.4, 0.5) is 0 Å². The molecule has 2 aromatic heterocycles. The summed E-state index contributed by atoms with van der Waals surface area (Å²) >= 11 is 1.89. The normalized spacial score (nSPS) is 12.7. The summed E-state index contributed by atoms with van der Waals surface area (Å²) in [4.78, 5) is 1.43. The Bertz CT molecular complexity index is 1190. The summed E-state index contributed by atoms with van der Waals surface area (Å²) < 4.78 is 10.0. The van der Waals surface area contributed by atoms with Crippen LogP contribution in [0.1, 0.15) is 24.3 Å². The number of hydrogen-bond donors (Lipinski definition) is 0. The number of nitrogens with zero attached hydrogens (tertiary/aromatic N) is 1. The molecule has 0 atom stereocenters. The van der Waals surface area contributed by atoms with Gasteiger partial charge in [0.2, 0.25) is 5.75 Å². The van der Waals surface area contributed by atoms with Crippen LogP contribution < -0.4 is 9.30 Å². The number of aromatic nitrogens is 1. The first kappa shape index (κ1) is 15.8. The van der Waals surface area contributed by atoms with Gasteiger partial charge in [0, 0.05) is 15.6 Å². The first-order valence-corrected chi connectivity index (χ1v) is 10.00. The van der Waals surface area contributed by atoms with Crippen LogP contribution in [0.2, 0.25) is 0 Å². The van der Waals surface area contributed by atoms with Crippen LogP contribution in [-0.4, -0.2) is 0 Å². The van der Waals surface area contributed by atoms with Gasteiger partial charge in [-0.25, -0.2) is 0 Å². The van der Waals surface area contributed by atoms with Crippen molar-refractivity contribution in [3.05, 3.63) is 53.0 Å². The van der Waals surface area contributed by atoms with E-state index >= 15 is 0 Å². The molecule has 2 nitrogen and oxygen atoms in total. The summed E-state index contributed by atoms with van der Waals surface area (Å²) in [6.07, 6.45) is 3.38. The van der Waals surface area contributed by atoms with Gasteiger partial charge in [-0.3, -0.25) is 0 Å². The number of benzene rings is 2. The predicted molar refractivity (Wildman–Crippen MR) is 109 cm³/mol. The lowest BCUT2D eigenvalue weighted by Gasteiger charge is -2.21. The zero-order valence-corrected chi connectivity index (χ0v) is 16.4. The lowest BCUT2D eigenvalue weighted by atomic mass is 9.93. The van der Waals surface area contributed by atoms with Crippen molar-refractivity contribution < 1.29 is 9.30 Å². The van der Waals surface area contributed by atoms with E-state index in [1.54, 1.807) is 0 Å². The van der Waals surface area contributed by atoms with Crippen LogP contribution >= 0.6 is 11.3 Å². The van der Waals surface area contributed by atoms with E-state index in [1.165, 1.54) is 42.6 Å². The molecule has 0 fully saturated rings. The van der Waals surface area contributed by atoms with E-state index < -0.39 is 0 Å². The second kappa shape index (κ2) is 5.55. The number of fused-ring (bicyclic) bond motifs is 4. The molecule has 2 aromatic carbocycles. The highest BCUT2D eigenvalue weighted by Gasteiger charge is 2.31. The fourth-order valence-corrected chi connectivity index (χ4v) is 5.45. The average Bonchev–Trinajstić information content (AvgIpc) is 2.99. The van der Waals surface area contributed by atoms with Gasteiger partial charge in [0.1, 0.15) is 17.5 Å². The molecule has 0 unspecified atom stereocenters. The first-order chi connectivity index (χ1) is 12.5. The van der Waals surface area contributed by atoms with Crippen LogP contribution in [-0.2, 0) is 13.5 Å². The van der Waals surface area contributed by atoms with Crippen LogP contribution in [0.3, 0.4) is 0 Å². The van der Waals surface area contributed by atoms with Crippen molar-refractivity contribution in [1.82, 2.24) is 0 Å². The Morgan fingerprint density at radius 3 is 2.81 bits per heavy atom. The van der Waals surface area contributed by atoms with E-state index in [0.717, 1.165) is 17.9 Å². The van der Waals surface area contributed by atoms with Gasteiger partial charge < -0.3 is 4.74 Å². The molecule has 5 rings (SSSR count). The molecule has 0 spiro atoms. The summed E-state index contributed by atoms with van der Waals surface area (Å²) in [6, 6.07) is 13.1. The highest BCUT2D eigenvalue weighted by Crippen LogP contribution is 2.49. The lowest BCUT2D eigenvalue weighted by Crippen LogP contribution is -2.32. The third-order valence-electron chi connectivity index (χ3n) is 5.21. The predicted octanol–water partition coefficient (Wildman–Crippen LogP) is 6.16. The summed E-state index contributed by atoms with van der Waals surface area (Å²) in [6.45, 7) is 6.75. The van der Waals surface area contributed by atoms with Crippen LogP contribution in [0.5, 0.6) is 11.5 Å². The van der Waals surface area contributed by atoms with Crippen molar-refractivity contribution in [1.29, 1.82) is 0 Å². The molecule has 130 valence electrons. The molecule has 0 aliphatic carbocycles. The second-order valence-corrected chi connectivity index (χ2v) is 8.89. The maximum absolute atomic E-state index is 6.50. The largest absolute Gasteiger partial charge is 0.449 e. The quantitative estimate of drug-likeness (QED) is 0.344. The number of aryl methyl sites for hydroxylation is 2. The highest BCUT2D eigenvalue weighted by atomic mass is 32.1. The molecule has 0 saturated heterocycles. The first-order valence-electron chi connectivity index (χ1n) is 9.18. The van der Waals surface area contributed by atoms with Gasteiger partial charge in [-0.05, 0) is 42.3 Å². The van der Waals surface area contributed by atoms with Gasteiger partial charge in [0.15, 0.2) is 6.20 Å². The third kappa shape index (κ3) is 2.20. The third-order valence-corrected chi connectivity index (χ3v) is 6.30. The van der Waals surface area contributed by atoms with Crippen molar-refractivity contribution in [3.63, 3.8) is 0 Å². The average molecular weight is 361 g/mol. The topological polar surface area (TPSA) is 13.1 Å². The number of ether oxygens (including phenoxy) is 1. The van der Waals surface area contributed by atoms with E-state index in [-0.39, 0.29) is 0 Å². The Balaban J connectivity index is 1.87. The Morgan fingerprint density at radius 2 is 2.00 bits per heavy atom. The van der Waals surface area contributed by atoms with Crippen molar-refractivity contribution in [3.8, 4) is 22.8 Å². The molecular weight excluding hydrogens is 338 g/mol. The molecule has 0 amide bonds. The van der Waals surface area contributed by atoms with Crippen molar-refractivity contribution in [2.75, 3.05) is 0 Å². The Kier molecular flexibility index (Phi) is 3.38. The summed E-state index contributed by atoms with van der Waals surface area (Å²) in [5.74, 6) is 2.63. The SMILES string of the molecule is Cc1ccc2cccc3c2c1-c1c(c2cc(CC(C)C)sc2c[n+]1C)O3. The molecule has 26 heavy (non-hydrogen) atoms. The van der Waals surface area contributed by atoms with E-state index in [9.17, 15) is 0 Å². The van der Waals surface area contributed by atoms with E-state index in [2.05, 4.69) is 75.0 Å². The fraction of sp³-hybridized carbons (Fsp3) is 0.261. The van der Waals surface area contributed by atoms with Gasteiger partial charge in [-0.15, -0.1) is 11.3 Å². The lowest BCUT2D eigenvalue weighted by molar-refractivity contribution is -0.659. The molecule has 4 aromatic rings. The van der Waals surface area contributed by atoms with Crippen molar-refractivity contribution in [2.24, 2.45) is 13.0 Å². The minimum Gasteiger partial charge on any atom is -0.449 e. The Hall–Kier alpha value is -2.39. The zero-order valence-electron chi connectivity index (χ0n) is 15.6. The molecule has 1 aliphatic heterocycles. The van der Waals surface area contributed by atoms with Crippen LogP contribution in [0.15, 0.2) is 42.6 Å². The molecule has 1 aliphatic rings. The fourth-order valence-electron chi connectivity index (χ4n) is 4.11. The summed E-state index contributed by atoms with van der Waals surface area (Å²) in [5, 5.41) is 3.71. The molecule has 3 heterocycles. The van der Waals surface area contributed by atoms with Gasteiger partial charge in [0.05, 0.1) is 5.56 Å². The minimum atomic E-state index is 0.658. The molecule has 0 saturated carbocycles. The maximum Gasteiger partial charge on any atom is 0.257 e. The van der Waals surface area contributed by atoms with E-state index in [4.69, 9.17) is 4.74 Å². The number of hydrogen-bond acceptors (Lipinski definition) is 2. The molecule has 0 bridgehead atoms. The smallest absolute Gasteiger partial charge is 0.257 e. The molecular formula is C23H22NOS+. The van der Waals surface area contributed by atoms with Gasteiger partial charge in [0.25, 0.3) is 5.69 Å². The molecule has 0 radical (unpaired) electrons. The monoisotopic (exact) mass is 360 g/mol. The highest BCUT2D eigenvalue weighted by molar-refractivity contribution is 7.19. The number of thiophene rings is 1. The van der Waals surface area contributed by atoms with Gasteiger partial charge >= 0.3 is 0 Å². The maximum atomic E-state index is 6.50. The van der Waals surface area contributed by atoms with E-state index in [1.807, 2.05) is 11.3 Å². The Morgan fingerprint density at radius 1 is 1.15 bits per heavy atom. The summed E-state index contributed by atoms with van der Waals surface area (Å²) in [5.41, 5.74) is 3.79. The number of rotatable bonds is 2. The molecule has 3 heteroatoms. The number of pyridine rings is 1. The van der Waals surface area contributed by atoms with Crippen molar-refractivity contribution in [2.45, 2.75) is 27.2 Å². The van der Waals surface area contributed by atoms with Crippen LogP contribution in [0, 0.1) is 12.8 Å².